The van der Waals surface area contributed by atoms with Crippen molar-refractivity contribution >= 4 is 29.2 Å². The Hall–Kier alpha value is -3.79. The number of nitro groups is 1. The van der Waals surface area contributed by atoms with Crippen molar-refractivity contribution in [1.29, 1.82) is 0 Å². The summed E-state index contributed by atoms with van der Waals surface area (Å²) >= 11 is 5.75. The minimum atomic E-state index is -0.881. The van der Waals surface area contributed by atoms with Crippen molar-refractivity contribution in [2.45, 2.75) is 18.9 Å². The van der Waals surface area contributed by atoms with E-state index in [1.54, 1.807) is 18.2 Å². The van der Waals surface area contributed by atoms with E-state index in [4.69, 9.17) is 16.3 Å². The van der Waals surface area contributed by atoms with Crippen LogP contribution in [0.15, 0.2) is 60.6 Å². The number of benzene rings is 1. The Balaban J connectivity index is 1.58. The number of para-hydroxylation sites is 1. The fourth-order valence-electron chi connectivity index (χ4n) is 2.60. The summed E-state index contributed by atoms with van der Waals surface area (Å²) in [4.78, 5) is 42.6. The summed E-state index contributed by atoms with van der Waals surface area (Å²) < 4.78 is 5.75. The van der Waals surface area contributed by atoms with Gasteiger partial charge in [0.05, 0.1) is 22.3 Å². The molecular formula is C19H16ClN5O5. The number of carbonyl (C=O) groups is 2. The van der Waals surface area contributed by atoms with Crippen molar-refractivity contribution in [2.24, 2.45) is 0 Å². The smallest absolute Gasteiger partial charge is 0.326 e. The molecule has 11 heteroatoms. The van der Waals surface area contributed by atoms with Gasteiger partial charge in [-0.1, -0.05) is 29.8 Å². The Morgan fingerprint density at radius 2 is 1.97 bits per heavy atom. The van der Waals surface area contributed by atoms with Crippen LogP contribution >= 0.6 is 11.6 Å². The van der Waals surface area contributed by atoms with Crippen LogP contribution in [0.25, 0.3) is 0 Å². The molecule has 30 heavy (non-hydrogen) atoms. The number of nitrogens with zero attached hydrogens (tertiary/aromatic N) is 3. The lowest BCUT2D eigenvalue weighted by atomic mass is 9.96. The third-order valence-corrected chi connectivity index (χ3v) is 4.29. The first-order chi connectivity index (χ1) is 14.3. The number of rotatable bonds is 5. The summed E-state index contributed by atoms with van der Waals surface area (Å²) in [5.41, 5.74) is -0.914. The minimum Gasteiger partial charge on any atom is -0.453 e. The minimum absolute atomic E-state index is 0.157. The van der Waals surface area contributed by atoms with Crippen LogP contribution in [0, 0.1) is 10.1 Å². The van der Waals surface area contributed by atoms with Gasteiger partial charge in [-0.25, -0.2) is 14.8 Å². The number of nitrogens with one attached hydrogen (secondary N) is 2. The number of imide groups is 1. The van der Waals surface area contributed by atoms with E-state index < -0.39 is 28.2 Å². The zero-order valence-electron chi connectivity index (χ0n) is 15.7. The van der Waals surface area contributed by atoms with Gasteiger partial charge in [0.1, 0.15) is 11.2 Å². The molecule has 0 saturated heterocycles. The van der Waals surface area contributed by atoms with Gasteiger partial charge >= 0.3 is 12.0 Å². The number of allylic oxidation sites excluding steroid dienone is 1. The summed E-state index contributed by atoms with van der Waals surface area (Å²) in [6, 6.07) is 4.69. The molecule has 0 bridgehead atoms. The van der Waals surface area contributed by atoms with Gasteiger partial charge < -0.3 is 10.1 Å². The van der Waals surface area contributed by atoms with Crippen LogP contribution in [0.5, 0.6) is 6.01 Å². The van der Waals surface area contributed by atoms with Crippen LogP contribution in [0.4, 0.5) is 10.5 Å². The average Bonchev–Trinajstić information content (AvgIpc) is 2.71. The van der Waals surface area contributed by atoms with Crippen molar-refractivity contribution < 1.29 is 19.2 Å². The maximum absolute atomic E-state index is 12.2. The van der Waals surface area contributed by atoms with E-state index in [0.29, 0.717) is 17.1 Å². The lowest BCUT2D eigenvalue weighted by Crippen LogP contribution is -2.40. The molecule has 1 atom stereocenters. The van der Waals surface area contributed by atoms with E-state index in [-0.39, 0.29) is 11.6 Å². The molecule has 1 aromatic carbocycles. The highest BCUT2D eigenvalue weighted by molar-refractivity contribution is 6.30. The summed E-state index contributed by atoms with van der Waals surface area (Å²) in [7, 11) is 0. The highest BCUT2D eigenvalue weighted by Gasteiger charge is 2.27. The van der Waals surface area contributed by atoms with Crippen LogP contribution in [0.1, 0.15) is 23.7 Å². The fraction of sp³-hybridized carbons (Fsp3) is 0.158. The number of hydrogen-bond acceptors (Lipinski definition) is 7. The maximum atomic E-state index is 12.2. The second-order valence-corrected chi connectivity index (χ2v) is 6.91. The van der Waals surface area contributed by atoms with E-state index in [2.05, 4.69) is 20.6 Å². The Labute approximate surface area is 175 Å². The molecule has 0 spiro atoms. The molecule has 2 N–H and O–H groups in total. The van der Waals surface area contributed by atoms with Gasteiger partial charge in [-0.15, -0.1) is 0 Å². The molecule has 1 unspecified atom stereocenters. The van der Waals surface area contributed by atoms with Crippen molar-refractivity contribution in [3.63, 3.8) is 0 Å². The zero-order valence-corrected chi connectivity index (χ0v) is 16.4. The number of urea groups is 1. The summed E-state index contributed by atoms with van der Waals surface area (Å²) in [5, 5.41) is 16.0. The molecule has 0 aliphatic heterocycles. The first-order valence-corrected chi connectivity index (χ1v) is 9.05. The van der Waals surface area contributed by atoms with Gasteiger partial charge in [0.2, 0.25) is 0 Å². The molecule has 0 saturated carbocycles. The van der Waals surface area contributed by atoms with E-state index in [9.17, 15) is 19.7 Å². The Morgan fingerprint density at radius 3 is 2.60 bits per heavy atom. The number of amides is 3. The molecule has 0 radical (unpaired) electrons. The maximum Gasteiger partial charge on any atom is 0.326 e. The van der Waals surface area contributed by atoms with E-state index in [1.807, 2.05) is 6.92 Å². The lowest BCUT2D eigenvalue weighted by Gasteiger charge is -2.28. The molecule has 1 aliphatic carbocycles. The van der Waals surface area contributed by atoms with Gasteiger partial charge in [-0.05, 0) is 25.1 Å². The summed E-state index contributed by atoms with van der Waals surface area (Å²) in [6.07, 6.45) is 8.25. The molecule has 10 nitrogen and oxygen atoms in total. The van der Waals surface area contributed by atoms with Gasteiger partial charge in [0, 0.05) is 18.2 Å². The normalized spacial score (nSPS) is 17.6. The number of nitro benzene ring substituents is 1. The second-order valence-electron chi connectivity index (χ2n) is 6.48. The number of carbonyl (C=O) groups excluding carboxylic acids is 2. The SMILES string of the molecule is CC1(Oc2ncc(Cl)cn2)C=CC(NC(=O)NC(=O)c2ccccc2[N+](=O)[O-])=CC1. The standard InChI is InChI=1S/C19H16ClN5O5/c1-19(30-18-21-10-12(20)11-22-18)8-6-13(7-9-19)23-17(27)24-16(26)14-4-2-3-5-15(14)25(28)29/h2-8,10-11H,9H2,1H3,(H2,23,24,26,27). The fourth-order valence-corrected chi connectivity index (χ4v) is 2.70. The predicted molar refractivity (Wildman–Crippen MR) is 107 cm³/mol. The second kappa shape index (κ2) is 8.70. The van der Waals surface area contributed by atoms with Crippen molar-refractivity contribution in [3.05, 3.63) is 81.3 Å². The topological polar surface area (TPSA) is 136 Å². The van der Waals surface area contributed by atoms with Crippen molar-refractivity contribution in [3.8, 4) is 6.01 Å². The molecule has 154 valence electrons. The van der Waals surface area contributed by atoms with Gasteiger partial charge in [-0.2, -0.15) is 0 Å². The first kappa shape index (κ1) is 20.9. The Bertz CT molecular complexity index is 1050. The summed E-state index contributed by atoms with van der Waals surface area (Å²) in [5.74, 6) is -0.881. The van der Waals surface area contributed by atoms with E-state index in [0.717, 1.165) is 0 Å². The van der Waals surface area contributed by atoms with E-state index in [1.165, 1.54) is 36.7 Å². The Morgan fingerprint density at radius 1 is 1.27 bits per heavy atom. The van der Waals surface area contributed by atoms with Crippen LogP contribution in [-0.4, -0.2) is 32.4 Å². The molecule has 1 aromatic heterocycles. The van der Waals surface area contributed by atoms with Gasteiger partial charge in [0.25, 0.3) is 11.6 Å². The third kappa shape index (κ3) is 5.17. The van der Waals surface area contributed by atoms with Crippen LogP contribution < -0.4 is 15.4 Å². The number of aromatic nitrogens is 2. The third-order valence-electron chi connectivity index (χ3n) is 4.09. The highest BCUT2D eigenvalue weighted by Crippen LogP contribution is 2.25. The molecule has 3 rings (SSSR count). The monoisotopic (exact) mass is 429 g/mol. The van der Waals surface area contributed by atoms with Gasteiger partial charge in [0.15, 0.2) is 0 Å². The number of hydrogen-bond donors (Lipinski definition) is 2. The lowest BCUT2D eigenvalue weighted by molar-refractivity contribution is -0.385. The van der Waals surface area contributed by atoms with Gasteiger partial charge in [-0.3, -0.25) is 20.2 Å². The summed E-state index contributed by atoms with van der Waals surface area (Å²) in [6.45, 7) is 1.81. The van der Waals surface area contributed by atoms with Crippen molar-refractivity contribution in [2.75, 3.05) is 0 Å². The van der Waals surface area contributed by atoms with E-state index >= 15 is 0 Å². The zero-order chi connectivity index (χ0) is 21.7. The first-order valence-electron chi connectivity index (χ1n) is 8.67. The molecule has 2 aromatic rings. The average molecular weight is 430 g/mol. The van der Waals surface area contributed by atoms with Crippen LogP contribution in [0.3, 0.4) is 0 Å². The number of ether oxygens (including phenoxy) is 1. The van der Waals surface area contributed by atoms with Crippen LogP contribution in [-0.2, 0) is 0 Å². The predicted octanol–water partition coefficient (Wildman–Crippen LogP) is 3.16. The molecule has 3 amide bonds. The highest BCUT2D eigenvalue weighted by atomic mass is 35.5. The van der Waals surface area contributed by atoms with Crippen molar-refractivity contribution in [1.82, 2.24) is 20.6 Å². The molecule has 0 fully saturated rings. The number of halogens is 1. The molecular weight excluding hydrogens is 414 g/mol. The van der Waals surface area contributed by atoms with Crippen LogP contribution in [0.2, 0.25) is 5.02 Å². The Kier molecular flexibility index (Phi) is 6.07. The quantitative estimate of drug-likeness (QED) is 0.550. The molecule has 1 heterocycles. The molecule has 1 aliphatic rings. The largest absolute Gasteiger partial charge is 0.453 e.